The number of likely N-dealkylation sites (N-methyl/N-ethyl adjacent to an activating group) is 1. The number of hydrogen-bond donors (Lipinski definition) is 0. The number of piperazine rings is 1. The van der Waals surface area contributed by atoms with Crippen LogP contribution in [0.2, 0.25) is 0 Å². The van der Waals surface area contributed by atoms with E-state index in [2.05, 4.69) is 16.8 Å². The van der Waals surface area contributed by atoms with Gasteiger partial charge in [-0.3, -0.25) is 10.1 Å². The van der Waals surface area contributed by atoms with Gasteiger partial charge in [0.1, 0.15) is 0 Å². The Morgan fingerprint density at radius 1 is 1.27 bits per heavy atom. The molecule has 1 aromatic rings. The first-order chi connectivity index (χ1) is 10.1. The molecule has 0 spiro atoms. The minimum absolute atomic E-state index is 0. The molecule has 124 valence electrons. The highest BCUT2D eigenvalue weighted by Crippen LogP contribution is 2.27. The summed E-state index contributed by atoms with van der Waals surface area (Å²) in [4.78, 5) is 15.3. The lowest BCUT2D eigenvalue weighted by Crippen LogP contribution is -2.44. The second-order valence-electron chi connectivity index (χ2n) is 5.58. The van der Waals surface area contributed by atoms with Crippen molar-refractivity contribution in [3.63, 3.8) is 0 Å². The van der Waals surface area contributed by atoms with Crippen molar-refractivity contribution in [1.82, 2.24) is 9.80 Å². The van der Waals surface area contributed by atoms with E-state index in [1.54, 1.807) is 12.1 Å². The molecule has 0 unspecified atom stereocenters. The third kappa shape index (κ3) is 5.44. The standard InChI is InChI=1S/C15H23N3O3.ClH/c1-13-4-5-14(18(19)20)15(12-13)21-11-3-6-17-9-7-16(2)8-10-17;/h4-5,12H,3,6-11H2,1-2H3;1H. The number of halogens is 1. The van der Waals surface area contributed by atoms with Gasteiger partial charge >= 0.3 is 5.69 Å². The van der Waals surface area contributed by atoms with E-state index in [0.29, 0.717) is 12.4 Å². The van der Waals surface area contributed by atoms with E-state index >= 15 is 0 Å². The van der Waals surface area contributed by atoms with Crippen molar-refractivity contribution in [2.24, 2.45) is 0 Å². The number of benzene rings is 1. The van der Waals surface area contributed by atoms with Crippen LogP contribution in [0.4, 0.5) is 5.69 Å². The predicted molar refractivity (Wildman–Crippen MR) is 89.1 cm³/mol. The summed E-state index contributed by atoms with van der Waals surface area (Å²) in [5.41, 5.74) is 1.01. The fourth-order valence-corrected chi connectivity index (χ4v) is 2.43. The van der Waals surface area contributed by atoms with Gasteiger partial charge in [-0.2, -0.15) is 0 Å². The first-order valence-electron chi connectivity index (χ1n) is 7.35. The molecule has 22 heavy (non-hydrogen) atoms. The van der Waals surface area contributed by atoms with E-state index in [9.17, 15) is 10.1 Å². The molecule has 1 saturated heterocycles. The second kappa shape index (κ2) is 8.92. The van der Waals surface area contributed by atoms with Crippen LogP contribution in [-0.2, 0) is 0 Å². The van der Waals surface area contributed by atoms with Gasteiger partial charge in [-0.15, -0.1) is 12.4 Å². The molecule has 1 aliphatic heterocycles. The fourth-order valence-electron chi connectivity index (χ4n) is 2.43. The van der Waals surface area contributed by atoms with E-state index in [1.165, 1.54) is 6.07 Å². The second-order valence-corrected chi connectivity index (χ2v) is 5.58. The smallest absolute Gasteiger partial charge is 0.310 e. The van der Waals surface area contributed by atoms with Gasteiger partial charge in [-0.05, 0) is 32.0 Å². The van der Waals surface area contributed by atoms with Crippen LogP contribution in [0.3, 0.4) is 0 Å². The van der Waals surface area contributed by atoms with Gasteiger partial charge in [-0.25, -0.2) is 0 Å². The van der Waals surface area contributed by atoms with Crippen LogP contribution >= 0.6 is 12.4 Å². The first kappa shape index (κ1) is 18.7. The Hall–Kier alpha value is -1.37. The highest BCUT2D eigenvalue weighted by Gasteiger charge is 2.16. The number of rotatable bonds is 6. The number of nitro groups is 1. The molecule has 1 aromatic carbocycles. The Balaban J connectivity index is 0.00000242. The summed E-state index contributed by atoms with van der Waals surface area (Å²) >= 11 is 0. The molecule has 0 atom stereocenters. The number of aryl methyl sites for hydroxylation is 1. The zero-order valence-electron chi connectivity index (χ0n) is 13.2. The minimum Gasteiger partial charge on any atom is -0.487 e. The lowest BCUT2D eigenvalue weighted by Gasteiger charge is -2.32. The van der Waals surface area contributed by atoms with Crippen molar-refractivity contribution in [2.75, 3.05) is 46.4 Å². The van der Waals surface area contributed by atoms with E-state index in [0.717, 1.165) is 44.7 Å². The van der Waals surface area contributed by atoms with Crippen LogP contribution in [0.25, 0.3) is 0 Å². The molecule has 6 nitrogen and oxygen atoms in total. The maximum atomic E-state index is 11.0. The Bertz CT molecular complexity index is 491. The third-order valence-electron chi connectivity index (χ3n) is 3.78. The summed E-state index contributed by atoms with van der Waals surface area (Å²) in [5, 5.41) is 11.0. The maximum Gasteiger partial charge on any atom is 0.310 e. The van der Waals surface area contributed by atoms with Gasteiger partial charge < -0.3 is 14.5 Å². The van der Waals surface area contributed by atoms with Gasteiger partial charge in [0, 0.05) is 38.8 Å². The van der Waals surface area contributed by atoms with Crippen LogP contribution in [0.15, 0.2) is 18.2 Å². The summed E-state index contributed by atoms with van der Waals surface area (Å²) in [6.45, 7) is 7.77. The Morgan fingerprint density at radius 2 is 1.95 bits per heavy atom. The predicted octanol–water partition coefficient (Wildman–Crippen LogP) is 2.34. The Morgan fingerprint density at radius 3 is 2.59 bits per heavy atom. The molecule has 0 N–H and O–H groups in total. The molecule has 0 aromatic heterocycles. The zero-order valence-corrected chi connectivity index (χ0v) is 14.0. The van der Waals surface area contributed by atoms with Crippen molar-refractivity contribution in [2.45, 2.75) is 13.3 Å². The molecule has 2 rings (SSSR count). The van der Waals surface area contributed by atoms with Crippen LogP contribution in [0.5, 0.6) is 5.75 Å². The summed E-state index contributed by atoms with van der Waals surface area (Å²) in [5.74, 6) is 0.373. The van der Waals surface area contributed by atoms with Crippen LogP contribution in [0.1, 0.15) is 12.0 Å². The quantitative estimate of drug-likeness (QED) is 0.455. The first-order valence-corrected chi connectivity index (χ1v) is 7.35. The highest BCUT2D eigenvalue weighted by atomic mass is 35.5. The van der Waals surface area contributed by atoms with Crippen molar-refractivity contribution < 1.29 is 9.66 Å². The summed E-state index contributed by atoms with van der Waals surface area (Å²) < 4.78 is 5.61. The van der Waals surface area contributed by atoms with Gasteiger partial charge in [-0.1, -0.05) is 6.07 Å². The number of ether oxygens (including phenoxy) is 1. The van der Waals surface area contributed by atoms with Crippen molar-refractivity contribution in [3.05, 3.63) is 33.9 Å². The van der Waals surface area contributed by atoms with Crippen molar-refractivity contribution >= 4 is 18.1 Å². The fraction of sp³-hybridized carbons (Fsp3) is 0.600. The molecule has 0 radical (unpaired) electrons. The highest BCUT2D eigenvalue weighted by molar-refractivity contribution is 5.85. The van der Waals surface area contributed by atoms with Crippen molar-refractivity contribution in [1.29, 1.82) is 0 Å². The van der Waals surface area contributed by atoms with E-state index < -0.39 is 4.92 Å². The van der Waals surface area contributed by atoms with Gasteiger partial charge in [0.25, 0.3) is 0 Å². The van der Waals surface area contributed by atoms with E-state index in [-0.39, 0.29) is 18.1 Å². The summed E-state index contributed by atoms with van der Waals surface area (Å²) in [6.07, 6.45) is 0.884. The SMILES string of the molecule is Cc1ccc([N+](=O)[O-])c(OCCCN2CCN(C)CC2)c1.Cl. The van der Waals surface area contributed by atoms with Crippen LogP contribution in [0, 0.1) is 17.0 Å². The summed E-state index contributed by atoms with van der Waals surface area (Å²) in [6, 6.07) is 4.97. The number of nitrogens with zero attached hydrogens (tertiary/aromatic N) is 3. The molecular formula is C15H24ClN3O3. The van der Waals surface area contributed by atoms with E-state index in [1.807, 2.05) is 6.92 Å². The molecule has 0 bridgehead atoms. The molecule has 0 amide bonds. The molecule has 1 heterocycles. The molecule has 0 aliphatic carbocycles. The molecule has 0 saturated carbocycles. The Labute approximate surface area is 137 Å². The van der Waals surface area contributed by atoms with Gasteiger partial charge in [0.05, 0.1) is 11.5 Å². The lowest BCUT2D eigenvalue weighted by molar-refractivity contribution is -0.385. The average Bonchev–Trinajstić information content (AvgIpc) is 2.45. The number of hydrogen-bond acceptors (Lipinski definition) is 5. The van der Waals surface area contributed by atoms with Crippen LogP contribution < -0.4 is 4.74 Å². The van der Waals surface area contributed by atoms with Gasteiger partial charge in [0.2, 0.25) is 0 Å². The van der Waals surface area contributed by atoms with Gasteiger partial charge in [0.15, 0.2) is 5.75 Å². The maximum absolute atomic E-state index is 11.0. The minimum atomic E-state index is -0.394. The average molecular weight is 330 g/mol. The monoisotopic (exact) mass is 329 g/mol. The number of nitro benzene ring substituents is 1. The molecular weight excluding hydrogens is 306 g/mol. The Kier molecular flexibility index (Phi) is 7.58. The largest absolute Gasteiger partial charge is 0.487 e. The normalized spacial score (nSPS) is 16.1. The molecule has 1 fully saturated rings. The lowest BCUT2D eigenvalue weighted by atomic mass is 10.2. The third-order valence-corrected chi connectivity index (χ3v) is 3.78. The summed E-state index contributed by atoms with van der Waals surface area (Å²) in [7, 11) is 2.14. The molecule has 7 heteroatoms. The molecule has 1 aliphatic rings. The van der Waals surface area contributed by atoms with E-state index in [4.69, 9.17) is 4.74 Å². The van der Waals surface area contributed by atoms with Crippen LogP contribution in [-0.4, -0.2) is 61.1 Å². The topological polar surface area (TPSA) is 58.9 Å². The zero-order chi connectivity index (χ0) is 15.2. The van der Waals surface area contributed by atoms with Crippen molar-refractivity contribution in [3.8, 4) is 5.75 Å².